The molecule has 4 amide bonds. The first-order valence-electron chi connectivity index (χ1n) is 15.4. The van der Waals surface area contributed by atoms with Gasteiger partial charge in [0, 0.05) is 63.7 Å². The highest BCUT2D eigenvalue weighted by Crippen LogP contribution is 2.32. The molecule has 3 saturated heterocycles. The summed E-state index contributed by atoms with van der Waals surface area (Å²) in [5, 5.41) is 16.5. The molecule has 2 aromatic rings. The number of benzene rings is 2. The Labute approximate surface area is 253 Å². The zero-order chi connectivity index (χ0) is 30.4. The van der Waals surface area contributed by atoms with Gasteiger partial charge in [-0.05, 0) is 62.3 Å². The number of carbonyl (C=O) groups excluding carboxylic acids is 4. The number of fused-ring (bicyclic) bond motifs is 1. The number of nitrogens with one attached hydrogen (secondary N) is 2. The number of amides is 4. The van der Waals surface area contributed by atoms with E-state index in [1.807, 2.05) is 36.4 Å². The fourth-order valence-corrected chi connectivity index (χ4v) is 6.81. The van der Waals surface area contributed by atoms with Gasteiger partial charge in [0.25, 0.3) is 5.91 Å². The molecule has 3 fully saturated rings. The lowest BCUT2D eigenvalue weighted by molar-refractivity contribution is -0.137. The molecule has 3 aliphatic rings. The van der Waals surface area contributed by atoms with Gasteiger partial charge in [0.15, 0.2) is 0 Å². The lowest BCUT2D eigenvalue weighted by Gasteiger charge is -2.43. The minimum atomic E-state index is -0.787. The molecule has 43 heavy (non-hydrogen) atoms. The number of rotatable bonds is 3. The number of likely N-dealkylation sites (N-methyl/N-ethyl adjacent to an activating group) is 1. The standard InChI is InChI=1S/C33H43N5O5/c1-36-23-30(41)35-33(13-17-38(18-14-33)32(43)24-7-3-2-4-8-24)20-29(40)34-15-11-26-21-37(16-12-25(26)19-31(36)42)22-27-9-5-6-10-28(27)39/h2-10,25-26,39H,11-23H2,1H3,(H,34,40)(H,35,41)/t25-,26-/m0/s1. The normalized spacial score (nSPS) is 24.1. The van der Waals surface area contributed by atoms with Crippen molar-refractivity contribution in [3.8, 4) is 5.75 Å². The van der Waals surface area contributed by atoms with Crippen molar-refractivity contribution in [2.24, 2.45) is 11.8 Å². The topological polar surface area (TPSA) is 122 Å². The van der Waals surface area contributed by atoms with Crippen molar-refractivity contribution in [3.63, 3.8) is 0 Å². The van der Waals surface area contributed by atoms with E-state index in [-0.39, 0.29) is 54.2 Å². The van der Waals surface area contributed by atoms with Gasteiger partial charge in [-0.2, -0.15) is 0 Å². The maximum atomic E-state index is 13.3. The minimum Gasteiger partial charge on any atom is -0.508 e. The van der Waals surface area contributed by atoms with Crippen molar-refractivity contribution in [2.75, 3.05) is 46.3 Å². The van der Waals surface area contributed by atoms with Crippen LogP contribution >= 0.6 is 0 Å². The molecular weight excluding hydrogens is 546 g/mol. The number of likely N-dealkylation sites (tertiary alicyclic amines) is 2. The Morgan fingerprint density at radius 1 is 0.930 bits per heavy atom. The van der Waals surface area contributed by atoms with Crippen LogP contribution in [0.1, 0.15) is 54.4 Å². The van der Waals surface area contributed by atoms with Gasteiger partial charge in [-0.1, -0.05) is 36.4 Å². The van der Waals surface area contributed by atoms with E-state index in [0.29, 0.717) is 51.0 Å². The van der Waals surface area contributed by atoms with Crippen molar-refractivity contribution < 1.29 is 24.3 Å². The predicted molar refractivity (Wildman–Crippen MR) is 162 cm³/mol. The molecule has 10 nitrogen and oxygen atoms in total. The highest BCUT2D eigenvalue weighted by Gasteiger charge is 2.40. The van der Waals surface area contributed by atoms with Crippen LogP contribution in [0.15, 0.2) is 54.6 Å². The fourth-order valence-electron chi connectivity index (χ4n) is 6.81. The van der Waals surface area contributed by atoms with Crippen molar-refractivity contribution in [1.82, 2.24) is 25.3 Å². The SMILES string of the molecule is CN1CC(=O)NC2(CCN(C(=O)c3ccccc3)CC2)CC(=O)NCC[C@H]2CN(Cc3ccccc3O)CC[C@H]2CC1=O. The van der Waals surface area contributed by atoms with Crippen LogP contribution in [-0.2, 0) is 20.9 Å². The lowest BCUT2D eigenvalue weighted by Crippen LogP contribution is -2.59. The molecule has 0 saturated carbocycles. The summed E-state index contributed by atoms with van der Waals surface area (Å²) in [7, 11) is 1.66. The number of aromatic hydroxyl groups is 1. The van der Waals surface area contributed by atoms with E-state index in [9.17, 15) is 24.3 Å². The number of piperidine rings is 2. The van der Waals surface area contributed by atoms with Gasteiger partial charge in [-0.3, -0.25) is 24.1 Å². The van der Waals surface area contributed by atoms with Gasteiger partial charge in [0.05, 0.1) is 12.1 Å². The largest absolute Gasteiger partial charge is 0.508 e. The van der Waals surface area contributed by atoms with Gasteiger partial charge in [-0.25, -0.2) is 0 Å². The minimum absolute atomic E-state index is 0.0577. The monoisotopic (exact) mass is 589 g/mol. The Hall–Kier alpha value is -3.92. The Kier molecular flexibility index (Phi) is 9.65. The second-order valence-corrected chi connectivity index (χ2v) is 12.4. The van der Waals surface area contributed by atoms with E-state index in [1.54, 1.807) is 30.1 Å². The number of nitrogens with zero attached hydrogens (tertiary/aromatic N) is 3. The van der Waals surface area contributed by atoms with Crippen molar-refractivity contribution in [3.05, 3.63) is 65.7 Å². The molecule has 3 aliphatic heterocycles. The molecule has 0 unspecified atom stereocenters. The third-order valence-electron chi connectivity index (χ3n) is 9.37. The molecule has 5 rings (SSSR count). The average Bonchev–Trinajstić information content (AvgIpc) is 2.99. The van der Waals surface area contributed by atoms with Gasteiger partial charge >= 0.3 is 0 Å². The molecule has 0 radical (unpaired) electrons. The number of carbonyl (C=O) groups is 4. The van der Waals surface area contributed by atoms with Crippen molar-refractivity contribution in [2.45, 2.75) is 50.6 Å². The summed E-state index contributed by atoms with van der Waals surface area (Å²) in [6.45, 7) is 3.46. The molecule has 0 aromatic heterocycles. The maximum Gasteiger partial charge on any atom is 0.253 e. The van der Waals surface area contributed by atoms with E-state index in [0.717, 1.165) is 31.5 Å². The number of hydrogen-bond donors (Lipinski definition) is 3. The molecule has 3 heterocycles. The average molecular weight is 590 g/mol. The van der Waals surface area contributed by atoms with Crippen LogP contribution in [0.4, 0.5) is 0 Å². The second kappa shape index (κ2) is 13.6. The Morgan fingerprint density at radius 2 is 1.65 bits per heavy atom. The smallest absolute Gasteiger partial charge is 0.253 e. The van der Waals surface area contributed by atoms with Crippen LogP contribution < -0.4 is 10.6 Å². The van der Waals surface area contributed by atoms with Crippen molar-refractivity contribution in [1.29, 1.82) is 0 Å². The first-order valence-corrected chi connectivity index (χ1v) is 15.4. The third-order valence-corrected chi connectivity index (χ3v) is 9.37. The van der Waals surface area contributed by atoms with Crippen LogP contribution in [0.5, 0.6) is 5.75 Å². The lowest BCUT2D eigenvalue weighted by atomic mass is 9.80. The molecule has 10 heteroatoms. The second-order valence-electron chi connectivity index (χ2n) is 12.4. The maximum absolute atomic E-state index is 13.3. The Morgan fingerprint density at radius 3 is 2.40 bits per heavy atom. The van der Waals surface area contributed by atoms with E-state index in [2.05, 4.69) is 15.5 Å². The molecule has 2 atom stereocenters. The highest BCUT2D eigenvalue weighted by atomic mass is 16.3. The molecule has 0 bridgehead atoms. The predicted octanol–water partition coefficient (Wildman–Crippen LogP) is 2.38. The van der Waals surface area contributed by atoms with Crippen LogP contribution in [0, 0.1) is 11.8 Å². The number of phenols is 1. The van der Waals surface area contributed by atoms with Crippen LogP contribution in [0.3, 0.4) is 0 Å². The van der Waals surface area contributed by atoms with E-state index in [4.69, 9.17) is 0 Å². The van der Waals surface area contributed by atoms with Gasteiger partial charge < -0.3 is 25.5 Å². The molecule has 230 valence electrons. The van der Waals surface area contributed by atoms with Crippen molar-refractivity contribution >= 4 is 23.6 Å². The summed E-state index contributed by atoms with van der Waals surface area (Å²) in [5.74, 6) is 0.0862. The zero-order valence-electron chi connectivity index (χ0n) is 25.0. The number of para-hydroxylation sites is 1. The Bertz CT molecular complexity index is 1310. The summed E-state index contributed by atoms with van der Waals surface area (Å²) in [6.07, 6.45) is 2.96. The zero-order valence-corrected chi connectivity index (χ0v) is 25.0. The summed E-state index contributed by atoms with van der Waals surface area (Å²) in [6, 6.07) is 16.5. The third kappa shape index (κ3) is 7.73. The summed E-state index contributed by atoms with van der Waals surface area (Å²) >= 11 is 0. The number of phenolic OH excluding ortho intramolecular Hbond substituents is 1. The highest BCUT2D eigenvalue weighted by molar-refractivity contribution is 5.94. The molecule has 0 aliphatic carbocycles. The molecule has 2 aromatic carbocycles. The van der Waals surface area contributed by atoms with Gasteiger partial charge in [-0.15, -0.1) is 0 Å². The van der Waals surface area contributed by atoms with Crippen LogP contribution in [-0.4, -0.2) is 95.3 Å². The van der Waals surface area contributed by atoms with E-state index >= 15 is 0 Å². The summed E-state index contributed by atoms with van der Waals surface area (Å²) in [4.78, 5) is 58.3. The van der Waals surface area contributed by atoms with E-state index < -0.39 is 5.54 Å². The van der Waals surface area contributed by atoms with Gasteiger partial charge in [0.1, 0.15) is 5.75 Å². The quantitative estimate of drug-likeness (QED) is 0.506. The van der Waals surface area contributed by atoms with E-state index in [1.165, 1.54) is 4.90 Å². The molecular formula is C33H43N5O5. The van der Waals surface area contributed by atoms with Crippen LogP contribution in [0.25, 0.3) is 0 Å². The molecule has 3 N–H and O–H groups in total. The molecule has 1 spiro atoms. The first-order chi connectivity index (χ1) is 20.7. The first kappa shape index (κ1) is 30.5. The van der Waals surface area contributed by atoms with Gasteiger partial charge in [0.2, 0.25) is 17.7 Å². The summed E-state index contributed by atoms with van der Waals surface area (Å²) < 4.78 is 0. The summed E-state index contributed by atoms with van der Waals surface area (Å²) in [5.41, 5.74) is 0.704. The number of hydrogen-bond acceptors (Lipinski definition) is 6. The Balaban J connectivity index is 1.26. The van der Waals surface area contributed by atoms with Crippen LogP contribution in [0.2, 0.25) is 0 Å². The fraction of sp³-hybridized carbons (Fsp3) is 0.515.